The van der Waals surface area contributed by atoms with Crippen LogP contribution in [0.15, 0.2) is 34.6 Å². The first-order valence-electron chi connectivity index (χ1n) is 8.71. The van der Waals surface area contributed by atoms with Crippen LogP contribution in [-0.4, -0.2) is 37.2 Å². The van der Waals surface area contributed by atoms with Crippen LogP contribution in [0.2, 0.25) is 0 Å². The van der Waals surface area contributed by atoms with Crippen molar-refractivity contribution in [2.24, 2.45) is 4.99 Å². The van der Waals surface area contributed by atoms with Crippen LogP contribution in [-0.2, 0) is 12.8 Å². The number of nitrogens with one attached hydrogen (secondary N) is 2. The Morgan fingerprint density at radius 2 is 2.20 bits per heavy atom. The number of rotatable bonds is 8. The molecule has 0 aliphatic carbocycles. The molecule has 5 nitrogen and oxygen atoms in total. The Morgan fingerprint density at radius 3 is 2.88 bits per heavy atom. The summed E-state index contributed by atoms with van der Waals surface area (Å²) in [4.78, 5) is 8.83. The van der Waals surface area contributed by atoms with Gasteiger partial charge in [-0.25, -0.2) is 4.98 Å². The van der Waals surface area contributed by atoms with Crippen LogP contribution in [0.1, 0.15) is 30.1 Å². The fraction of sp³-hybridized carbons (Fsp3) is 0.474. The number of aryl methyl sites for hydroxylation is 2. The number of thiazole rings is 1. The summed E-state index contributed by atoms with van der Waals surface area (Å²) in [6.45, 7) is 7.73. The van der Waals surface area contributed by atoms with E-state index in [1.54, 1.807) is 18.4 Å². The summed E-state index contributed by atoms with van der Waals surface area (Å²) in [6.07, 6.45) is 1.94. The van der Waals surface area contributed by atoms with Gasteiger partial charge in [0.1, 0.15) is 11.9 Å². The minimum absolute atomic E-state index is 0.0472. The lowest BCUT2D eigenvalue weighted by Gasteiger charge is -2.18. The molecule has 0 radical (unpaired) electrons. The molecule has 0 saturated carbocycles. The van der Waals surface area contributed by atoms with Gasteiger partial charge in [-0.3, -0.25) is 4.99 Å². The van der Waals surface area contributed by atoms with Crippen molar-refractivity contribution in [1.29, 1.82) is 0 Å². The van der Waals surface area contributed by atoms with E-state index in [-0.39, 0.29) is 6.10 Å². The first kappa shape index (κ1) is 19.2. The summed E-state index contributed by atoms with van der Waals surface area (Å²) in [7, 11) is 1.78. The van der Waals surface area contributed by atoms with E-state index in [4.69, 9.17) is 4.74 Å². The van der Waals surface area contributed by atoms with Crippen LogP contribution in [0, 0.1) is 6.92 Å². The standard InChI is InChI=1S/C19H28N4OS/c1-5-18-23-16(13-25-18)9-10-21-19(20-4)22-12-15(3)24-17-8-6-7-14(2)11-17/h6-8,11,13,15H,5,9-10,12H2,1-4H3,(H2,20,21,22). The fourth-order valence-corrected chi connectivity index (χ4v) is 3.14. The first-order chi connectivity index (χ1) is 12.1. The number of hydrogen-bond donors (Lipinski definition) is 2. The van der Waals surface area contributed by atoms with Crippen molar-refractivity contribution in [3.63, 3.8) is 0 Å². The van der Waals surface area contributed by atoms with Crippen molar-refractivity contribution in [2.75, 3.05) is 20.1 Å². The molecule has 0 aliphatic heterocycles. The Kier molecular flexibility index (Phi) is 7.73. The van der Waals surface area contributed by atoms with E-state index in [0.717, 1.165) is 36.8 Å². The maximum atomic E-state index is 5.93. The third-order valence-electron chi connectivity index (χ3n) is 3.68. The third-order valence-corrected chi connectivity index (χ3v) is 4.72. The van der Waals surface area contributed by atoms with E-state index in [1.165, 1.54) is 10.6 Å². The Bertz CT molecular complexity index is 684. The van der Waals surface area contributed by atoms with Gasteiger partial charge in [0.2, 0.25) is 0 Å². The lowest BCUT2D eigenvalue weighted by atomic mass is 10.2. The molecule has 1 aromatic carbocycles. The molecule has 0 fully saturated rings. The maximum absolute atomic E-state index is 5.93. The van der Waals surface area contributed by atoms with E-state index < -0.39 is 0 Å². The Hall–Kier alpha value is -2.08. The summed E-state index contributed by atoms with van der Waals surface area (Å²) in [5, 5.41) is 9.95. The largest absolute Gasteiger partial charge is 0.489 e. The van der Waals surface area contributed by atoms with Gasteiger partial charge in [0.15, 0.2) is 5.96 Å². The predicted octanol–water partition coefficient (Wildman–Crippen LogP) is 3.19. The first-order valence-corrected chi connectivity index (χ1v) is 9.59. The maximum Gasteiger partial charge on any atom is 0.191 e. The lowest BCUT2D eigenvalue weighted by molar-refractivity contribution is 0.223. The third kappa shape index (κ3) is 6.74. The van der Waals surface area contributed by atoms with Gasteiger partial charge in [0.25, 0.3) is 0 Å². The molecule has 0 spiro atoms. The lowest BCUT2D eigenvalue weighted by Crippen LogP contribution is -2.42. The van der Waals surface area contributed by atoms with Crippen LogP contribution >= 0.6 is 11.3 Å². The van der Waals surface area contributed by atoms with Crippen molar-refractivity contribution in [2.45, 2.75) is 39.7 Å². The molecule has 2 N–H and O–H groups in total. The number of benzene rings is 1. The number of nitrogens with zero attached hydrogens (tertiary/aromatic N) is 2. The highest BCUT2D eigenvalue weighted by atomic mass is 32.1. The predicted molar refractivity (Wildman–Crippen MR) is 106 cm³/mol. The number of aromatic nitrogens is 1. The van der Waals surface area contributed by atoms with Crippen LogP contribution < -0.4 is 15.4 Å². The molecule has 2 rings (SSSR count). The van der Waals surface area contributed by atoms with E-state index in [9.17, 15) is 0 Å². The molecule has 1 atom stereocenters. The highest BCUT2D eigenvalue weighted by Gasteiger charge is 2.06. The molecule has 136 valence electrons. The molecule has 0 aliphatic rings. The topological polar surface area (TPSA) is 58.5 Å². The van der Waals surface area contributed by atoms with Crippen LogP contribution in [0.3, 0.4) is 0 Å². The molecule has 1 heterocycles. The average Bonchev–Trinajstić information content (AvgIpc) is 3.06. The Balaban J connectivity index is 1.70. The van der Waals surface area contributed by atoms with E-state index in [1.807, 2.05) is 25.1 Å². The molecule has 1 unspecified atom stereocenters. The van der Waals surface area contributed by atoms with Crippen molar-refractivity contribution >= 4 is 17.3 Å². The summed E-state index contributed by atoms with van der Waals surface area (Å²) in [5.74, 6) is 1.68. The molecule has 0 bridgehead atoms. The molecular formula is C19H28N4OS. The molecule has 2 aromatic rings. The SMILES string of the molecule is CCc1nc(CCNC(=NC)NCC(C)Oc2cccc(C)c2)cs1. The van der Waals surface area contributed by atoms with E-state index in [2.05, 4.69) is 45.9 Å². The summed E-state index contributed by atoms with van der Waals surface area (Å²) < 4.78 is 5.93. The Morgan fingerprint density at radius 1 is 1.36 bits per heavy atom. The quantitative estimate of drug-likeness (QED) is 0.561. The highest BCUT2D eigenvalue weighted by Crippen LogP contribution is 2.14. The number of guanidine groups is 1. The smallest absolute Gasteiger partial charge is 0.191 e. The fourth-order valence-electron chi connectivity index (χ4n) is 2.36. The van der Waals surface area contributed by atoms with Gasteiger partial charge in [0.05, 0.1) is 17.2 Å². The molecule has 0 amide bonds. The van der Waals surface area contributed by atoms with Gasteiger partial charge >= 0.3 is 0 Å². The molecular weight excluding hydrogens is 332 g/mol. The molecule has 0 saturated heterocycles. The zero-order valence-corrected chi connectivity index (χ0v) is 16.3. The van der Waals surface area contributed by atoms with E-state index >= 15 is 0 Å². The van der Waals surface area contributed by atoms with Gasteiger partial charge in [-0.1, -0.05) is 19.1 Å². The molecule has 6 heteroatoms. The van der Waals surface area contributed by atoms with Crippen molar-refractivity contribution in [3.05, 3.63) is 45.9 Å². The monoisotopic (exact) mass is 360 g/mol. The van der Waals surface area contributed by atoms with Crippen molar-refractivity contribution < 1.29 is 4.74 Å². The van der Waals surface area contributed by atoms with E-state index in [0.29, 0.717) is 6.54 Å². The van der Waals surface area contributed by atoms with Gasteiger partial charge in [-0.2, -0.15) is 0 Å². The highest BCUT2D eigenvalue weighted by molar-refractivity contribution is 7.09. The second-order valence-corrected chi connectivity index (χ2v) is 6.90. The van der Waals surface area contributed by atoms with Gasteiger partial charge < -0.3 is 15.4 Å². The van der Waals surface area contributed by atoms with Crippen LogP contribution in [0.5, 0.6) is 5.75 Å². The van der Waals surface area contributed by atoms with Crippen molar-refractivity contribution in [3.8, 4) is 5.75 Å². The van der Waals surface area contributed by atoms with Gasteiger partial charge in [-0.05, 0) is 38.0 Å². The number of aliphatic imine (C=N–C) groups is 1. The van der Waals surface area contributed by atoms with Crippen LogP contribution in [0.4, 0.5) is 0 Å². The minimum atomic E-state index is 0.0472. The molecule has 1 aromatic heterocycles. The zero-order chi connectivity index (χ0) is 18.1. The summed E-state index contributed by atoms with van der Waals surface area (Å²) >= 11 is 1.73. The normalized spacial score (nSPS) is 12.7. The van der Waals surface area contributed by atoms with Crippen LogP contribution in [0.25, 0.3) is 0 Å². The second-order valence-electron chi connectivity index (χ2n) is 5.96. The summed E-state index contributed by atoms with van der Waals surface area (Å²) in [6, 6.07) is 8.10. The Labute approximate surface area is 154 Å². The van der Waals surface area contributed by atoms with Gasteiger partial charge in [0, 0.05) is 25.4 Å². The number of ether oxygens (including phenoxy) is 1. The zero-order valence-electron chi connectivity index (χ0n) is 15.5. The van der Waals surface area contributed by atoms with Gasteiger partial charge in [-0.15, -0.1) is 11.3 Å². The second kappa shape index (κ2) is 10.0. The minimum Gasteiger partial charge on any atom is -0.489 e. The van der Waals surface area contributed by atoms with Crippen molar-refractivity contribution in [1.82, 2.24) is 15.6 Å². The molecule has 25 heavy (non-hydrogen) atoms. The summed E-state index contributed by atoms with van der Waals surface area (Å²) in [5.41, 5.74) is 2.34. The average molecular weight is 361 g/mol. The number of hydrogen-bond acceptors (Lipinski definition) is 4.